The average Bonchev–Trinajstić information content (AvgIpc) is 2.14. The Kier molecular flexibility index (Phi) is 2.41. The van der Waals surface area contributed by atoms with Gasteiger partial charge in [-0.05, 0) is 11.6 Å². The van der Waals surface area contributed by atoms with Crippen molar-refractivity contribution in [2.24, 2.45) is 0 Å². The molecule has 0 saturated carbocycles. The van der Waals surface area contributed by atoms with E-state index >= 15 is 0 Å². The number of alkyl halides is 3. The molecule has 6 heteroatoms. The molecule has 0 fully saturated rings. The number of anilines is 1. The van der Waals surface area contributed by atoms with Crippen LogP contribution in [0, 0.1) is 0 Å². The molecule has 0 aliphatic carbocycles. The molecule has 2 N–H and O–H groups in total. The molecule has 0 amide bonds. The number of nitrogens with two attached hydrogens (primary N) is 1. The maximum atomic E-state index is 12.2. The van der Waals surface area contributed by atoms with Gasteiger partial charge in [-0.2, -0.15) is 13.2 Å². The van der Waals surface area contributed by atoms with Crippen molar-refractivity contribution in [3.05, 3.63) is 30.0 Å². The normalized spacial score (nSPS) is 11.9. The van der Waals surface area contributed by atoms with Crippen molar-refractivity contribution < 1.29 is 13.2 Å². The van der Waals surface area contributed by atoms with E-state index < -0.39 is 12.6 Å². The number of fused-ring (bicyclic) bond motifs is 1. The molecule has 0 atom stereocenters. The second kappa shape index (κ2) is 3.62. The number of nitrogen functional groups attached to an aromatic ring is 1. The summed E-state index contributed by atoms with van der Waals surface area (Å²) in [5.41, 5.74) is 5.95. The Morgan fingerprint density at radius 1 is 1.25 bits per heavy atom. The summed E-state index contributed by atoms with van der Waals surface area (Å²) in [6.07, 6.45) is -3.70. The second-order valence-electron chi connectivity index (χ2n) is 3.41. The van der Waals surface area contributed by atoms with Crippen LogP contribution in [-0.4, -0.2) is 16.1 Å². The molecule has 1 heterocycles. The van der Waals surface area contributed by atoms with Gasteiger partial charge in [0.15, 0.2) is 0 Å². The highest BCUT2D eigenvalue weighted by Gasteiger charge is 2.27. The van der Waals surface area contributed by atoms with Gasteiger partial charge < -0.3 is 5.73 Å². The number of nitrogens with zero attached hydrogens (tertiary/aromatic N) is 2. The van der Waals surface area contributed by atoms with Gasteiger partial charge in [0, 0.05) is 11.6 Å². The molecule has 0 aliphatic rings. The smallest absolute Gasteiger partial charge is 0.368 e. The van der Waals surface area contributed by atoms with Crippen LogP contribution in [-0.2, 0) is 6.42 Å². The number of benzene rings is 1. The van der Waals surface area contributed by atoms with Crippen LogP contribution < -0.4 is 5.73 Å². The summed E-state index contributed by atoms with van der Waals surface area (Å²) in [5, 5.41) is 0.667. The van der Waals surface area contributed by atoms with Crippen molar-refractivity contribution in [1.29, 1.82) is 0 Å². The lowest BCUT2D eigenvalue weighted by atomic mass is 10.1. The van der Waals surface area contributed by atoms with Crippen LogP contribution in [0.3, 0.4) is 0 Å². The molecule has 2 rings (SSSR count). The lowest BCUT2D eigenvalue weighted by Crippen LogP contribution is -2.11. The molecule has 2 aromatic rings. The van der Waals surface area contributed by atoms with E-state index in [-0.39, 0.29) is 11.5 Å². The predicted molar refractivity (Wildman–Crippen MR) is 53.7 cm³/mol. The molecule has 1 aromatic carbocycles. The summed E-state index contributed by atoms with van der Waals surface area (Å²) in [5.74, 6) is 0.0525. The first-order valence-corrected chi connectivity index (χ1v) is 4.52. The minimum absolute atomic E-state index is 0.0525. The third-order valence-corrected chi connectivity index (χ3v) is 2.07. The van der Waals surface area contributed by atoms with Crippen LogP contribution in [0.25, 0.3) is 10.9 Å². The predicted octanol–water partition coefficient (Wildman–Crippen LogP) is 2.32. The van der Waals surface area contributed by atoms with Gasteiger partial charge in [0.05, 0.1) is 11.9 Å². The van der Waals surface area contributed by atoms with E-state index in [1.165, 1.54) is 18.3 Å². The molecule has 0 bridgehead atoms. The van der Waals surface area contributed by atoms with Crippen LogP contribution in [0.2, 0.25) is 0 Å². The summed E-state index contributed by atoms with van der Waals surface area (Å²) in [7, 11) is 0. The molecule has 0 unspecified atom stereocenters. The Bertz CT molecular complexity index is 522. The van der Waals surface area contributed by atoms with Gasteiger partial charge in [-0.1, -0.05) is 12.1 Å². The zero-order valence-electron chi connectivity index (χ0n) is 8.12. The second-order valence-corrected chi connectivity index (χ2v) is 3.41. The topological polar surface area (TPSA) is 51.8 Å². The van der Waals surface area contributed by atoms with Gasteiger partial charge >= 0.3 is 6.18 Å². The summed E-state index contributed by atoms with van der Waals surface area (Å²) in [6, 6.07) is 4.34. The van der Waals surface area contributed by atoms with Crippen LogP contribution in [0.4, 0.5) is 19.1 Å². The van der Waals surface area contributed by atoms with Crippen LogP contribution in [0.1, 0.15) is 5.56 Å². The Morgan fingerprint density at radius 3 is 2.69 bits per heavy atom. The van der Waals surface area contributed by atoms with Crippen molar-refractivity contribution in [3.8, 4) is 0 Å². The molecule has 84 valence electrons. The number of hydrogen-bond donors (Lipinski definition) is 1. The fraction of sp³-hybridized carbons (Fsp3) is 0.200. The van der Waals surface area contributed by atoms with Crippen molar-refractivity contribution in [1.82, 2.24) is 9.97 Å². The Hall–Kier alpha value is -1.85. The minimum atomic E-state index is -4.22. The summed E-state index contributed by atoms with van der Waals surface area (Å²) in [6.45, 7) is 0. The monoisotopic (exact) mass is 227 g/mol. The highest BCUT2D eigenvalue weighted by Crippen LogP contribution is 2.23. The maximum absolute atomic E-state index is 12.2. The van der Waals surface area contributed by atoms with Gasteiger partial charge in [-0.15, -0.1) is 0 Å². The van der Waals surface area contributed by atoms with Gasteiger partial charge in [-0.3, -0.25) is 0 Å². The van der Waals surface area contributed by atoms with Crippen molar-refractivity contribution in [3.63, 3.8) is 0 Å². The summed E-state index contributed by atoms with van der Waals surface area (Å²) in [4.78, 5) is 7.62. The molecule has 1 aromatic heterocycles. The van der Waals surface area contributed by atoms with Gasteiger partial charge in [0.25, 0.3) is 0 Å². The molecule has 0 aliphatic heterocycles. The fourth-order valence-corrected chi connectivity index (χ4v) is 1.42. The Labute approximate surface area is 89.1 Å². The first-order chi connectivity index (χ1) is 7.44. The van der Waals surface area contributed by atoms with Crippen molar-refractivity contribution in [2.45, 2.75) is 12.6 Å². The molecule has 0 saturated heterocycles. The van der Waals surface area contributed by atoms with Gasteiger partial charge in [-0.25, -0.2) is 9.97 Å². The van der Waals surface area contributed by atoms with Crippen molar-refractivity contribution >= 4 is 16.9 Å². The largest absolute Gasteiger partial charge is 0.393 e. The molecule has 3 nitrogen and oxygen atoms in total. The van der Waals surface area contributed by atoms with Gasteiger partial charge in [0.1, 0.15) is 0 Å². The minimum Gasteiger partial charge on any atom is -0.368 e. The zero-order valence-corrected chi connectivity index (χ0v) is 8.12. The first kappa shape index (κ1) is 10.7. The number of hydrogen-bond acceptors (Lipinski definition) is 3. The van der Waals surface area contributed by atoms with Gasteiger partial charge in [0.2, 0.25) is 5.95 Å². The lowest BCUT2D eigenvalue weighted by molar-refractivity contribution is -0.127. The number of halogens is 3. The van der Waals surface area contributed by atoms with E-state index in [4.69, 9.17) is 5.73 Å². The Morgan fingerprint density at radius 2 is 2.00 bits per heavy atom. The quantitative estimate of drug-likeness (QED) is 0.813. The molecule has 16 heavy (non-hydrogen) atoms. The number of aromatic nitrogens is 2. The van der Waals surface area contributed by atoms with Crippen LogP contribution in [0.15, 0.2) is 24.4 Å². The third kappa shape index (κ3) is 2.39. The van der Waals surface area contributed by atoms with Crippen LogP contribution >= 0.6 is 0 Å². The zero-order chi connectivity index (χ0) is 11.8. The highest BCUT2D eigenvalue weighted by atomic mass is 19.4. The number of rotatable bonds is 1. The average molecular weight is 227 g/mol. The fourth-order valence-electron chi connectivity index (χ4n) is 1.42. The van der Waals surface area contributed by atoms with E-state index in [1.807, 2.05) is 0 Å². The standard InChI is InChI=1S/C10H8F3N3/c11-10(12,13)4-6-1-2-7-5-15-9(14)16-8(7)3-6/h1-3,5H,4H2,(H2,14,15,16). The molecule has 0 radical (unpaired) electrons. The van der Waals surface area contributed by atoms with Crippen LogP contribution in [0.5, 0.6) is 0 Å². The van der Waals surface area contributed by atoms with E-state index in [9.17, 15) is 13.2 Å². The maximum Gasteiger partial charge on any atom is 0.393 e. The van der Waals surface area contributed by atoms with E-state index in [0.29, 0.717) is 10.9 Å². The molecular weight excluding hydrogens is 219 g/mol. The van der Waals surface area contributed by atoms with E-state index in [1.54, 1.807) is 6.07 Å². The molecular formula is C10H8F3N3. The van der Waals surface area contributed by atoms with E-state index in [0.717, 1.165) is 0 Å². The Balaban J connectivity index is 2.43. The van der Waals surface area contributed by atoms with E-state index in [2.05, 4.69) is 9.97 Å². The SMILES string of the molecule is Nc1ncc2ccc(CC(F)(F)F)cc2n1. The summed E-state index contributed by atoms with van der Waals surface area (Å²) < 4.78 is 36.5. The highest BCUT2D eigenvalue weighted by molar-refractivity contribution is 5.79. The van der Waals surface area contributed by atoms with Crippen molar-refractivity contribution in [2.75, 3.05) is 5.73 Å². The molecule has 0 spiro atoms. The lowest BCUT2D eigenvalue weighted by Gasteiger charge is -2.06. The first-order valence-electron chi connectivity index (χ1n) is 4.52. The third-order valence-electron chi connectivity index (χ3n) is 2.07. The summed E-state index contributed by atoms with van der Waals surface area (Å²) >= 11 is 0.